The molecule has 0 aliphatic carbocycles. The molecule has 1 aliphatic heterocycles. The van der Waals surface area contributed by atoms with Crippen LogP contribution in [0, 0.1) is 11.3 Å². The quantitative estimate of drug-likeness (QED) is 0.919. The maximum Gasteiger partial charge on any atom is 0.126 e. The highest BCUT2D eigenvalue weighted by atomic mass is 15.1. The van der Waals surface area contributed by atoms with Crippen LogP contribution in [0.25, 0.3) is 0 Å². The van der Waals surface area contributed by atoms with Gasteiger partial charge in [-0.1, -0.05) is 24.3 Å². The van der Waals surface area contributed by atoms with Gasteiger partial charge in [-0.2, -0.15) is 5.26 Å². The van der Waals surface area contributed by atoms with Crippen LogP contribution in [0.15, 0.2) is 42.6 Å². The Bertz CT molecular complexity index is 652. The van der Waals surface area contributed by atoms with Gasteiger partial charge >= 0.3 is 0 Å². The van der Waals surface area contributed by atoms with E-state index in [1.54, 1.807) is 12.3 Å². The third kappa shape index (κ3) is 3.63. The molecule has 0 amide bonds. The van der Waals surface area contributed by atoms with E-state index in [-0.39, 0.29) is 0 Å². The van der Waals surface area contributed by atoms with Crippen LogP contribution >= 0.6 is 0 Å². The summed E-state index contributed by atoms with van der Waals surface area (Å²) in [6.07, 6.45) is 4.23. The van der Waals surface area contributed by atoms with Crippen LogP contribution in [0.5, 0.6) is 0 Å². The lowest BCUT2D eigenvalue weighted by Crippen LogP contribution is -2.19. The third-order valence-electron chi connectivity index (χ3n) is 4.06. The standard InChI is InChI=1S/C18H20N4/c19-11-15-7-8-18(20-12-15)21-13-16-5-1-2-6-17(16)14-22-9-3-4-10-22/h1-2,5-8,12H,3-4,9-10,13-14H2,(H,20,21). The number of hydrogen-bond acceptors (Lipinski definition) is 4. The van der Waals surface area contributed by atoms with Gasteiger partial charge in [0, 0.05) is 19.3 Å². The zero-order valence-corrected chi connectivity index (χ0v) is 12.6. The molecule has 1 fully saturated rings. The van der Waals surface area contributed by atoms with Crippen LogP contribution in [0.4, 0.5) is 5.82 Å². The van der Waals surface area contributed by atoms with E-state index in [4.69, 9.17) is 5.26 Å². The molecule has 0 saturated carbocycles. The average Bonchev–Trinajstić information content (AvgIpc) is 3.07. The lowest BCUT2D eigenvalue weighted by molar-refractivity contribution is 0.330. The van der Waals surface area contributed by atoms with Gasteiger partial charge in [0.25, 0.3) is 0 Å². The van der Waals surface area contributed by atoms with Crippen LogP contribution in [-0.4, -0.2) is 23.0 Å². The molecule has 0 unspecified atom stereocenters. The highest BCUT2D eigenvalue weighted by Gasteiger charge is 2.13. The van der Waals surface area contributed by atoms with Crippen molar-refractivity contribution in [2.75, 3.05) is 18.4 Å². The Kier molecular flexibility index (Phi) is 4.67. The average molecular weight is 292 g/mol. The fourth-order valence-electron chi connectivity index (χ4n) is 2.82. The molecule has 1 aromatic heterocycles. The molecule has 2 heterocycles. The van der Waals surface area contributed by atoms with Crippen LogP contribution in [0.1, 0.15) is 29.5 Å². The van der Waals surface area contributed by atoms with Crippen molar-refractivity contribution < 1.29 is 0 Å². The largest absolute Gasteiger partial charge is 0.366 e. The van der Waals surface area contributed by atoms with E-state index in [1.165, 1.54) is 37.1 Å². The van der Waals surface area contributed by atoms with E-state index in [0.29, 0.717) is 5.56 Å². The number of nitrogens with zero attached hydrogens (tertiary/aromatic N) is 3. The van der Waals surface area contributed by atoms with Crippen molar-refractivity contribution in [3.63, 3.8) is 0 Å². The fourth-order valence-corrected chi connectivity index (χ4v) is 2.82. The van der Waals surface area contributed by atoms with E-state index in [1.807, 2.05) is 6.07 Å². The lowest BCUT2D eigenvalue weighted by atomic mass is 10.1. The van der Waals surface area contributed by atoms with Crippen molar-refractivity contribution >= 4 is 5.82 Å². The first kappa shape index (κ1) is 14.6. The summed E-state index contributed by atoms with van der Waals surface area (Å²) in [6.45, 7) is 4.19. The van der Waals surface area contributed by atoms with Gasteiger partial charge in [-0.15, -0.1) is 0 Å². The van der Waals surface area contributed by atoms with E-state index < -0.39 is 0 Å². The van der Waals surface area contributed by atoms with E-state index in [9.17, 15) is 0 Å². The van der Waals surface area contributed by atoms with Crippen molar-refractivity contribution in [1.29, 1.82) is 5.26 Å². The number of rotatable bonds is 5. The summed E-state index contributed by atoms with van der Waals surface area (Å²) in [5, 5.41) is 12.1. The Labute approximate surface area is 131 Å². The number of hydrogen-bond donors (Lipinski definition) is 1. The smallest absolute Gasteiger partial charge is 0.126 e. The van der Waals surface area contributed by atoms with Crippen LogP contribution in [0.2, 0.25) is 0 Å². The minimum atomic E-state index is 0.583. The van der Waals surface area contributed by atoms with Crippen LogP contribution in [0.3, 0.4) is 0 Å². The van der Waals surface area contributed by atoms with Gasteiger partial charge in [0.15, 0.2) is 0 Å². The maximum atomic E-state index is 8.79. The Morgan fingerprint density at radius 1 is 1.09 bits per heavy atom. The summed E-state index contributed by atoms with van der Waals surface area (Å²) in [6, 6.07) is 14.3. The summed E-state index contributed by atoms with van der Waals surface area (Å²) < 4.78 is 0. The summed E-state index contributed by atoms with van der Waals surface area (Å²) in [7, 11) is 0. The Hall–Kier alpha value is -2.38. The molecule has 3 rings (SSSR count). The second-order valence-electron chi connectivity index (χ2n) is 5.65. The first-order valence-electron chi connectivity index (χ1n) is 7.74. The molecule has 112 valence electrons. The molecule has 4 heteroatoms. The Morgan fingerprint density at radius 3 is 2.55 bits per heavy atom. The SMILES string of the molecule is N#Cc1ccc(NCc2ccccc2CN2CCCC2)nc1. The van der Waals surface area contributed by atoms with Gasteiger partial charge < -0.3 is 5.32 Å². The van der Waals surface area contributed by atoms with Crippen molar-refractivity contribution in [3.8, 4) is 6.07 Å². The minimum absolute atomic E-state index is 0.583. The highest BCUT2D eigenvalue weighted by molar-refractivity contribution is 5.40. The predicted octanol–water partition coefficient (Wildman–Crippen LogP) is 3.16. The number of pyridine rings is 1. The molecule has 22 heavy (non-hydrogen) atoms. The normalized spacial score (nSPS) is 14.7. The van der Waals surface area contributed by atoms with Gasteiger partial charge in [-0.3, -0.25) is 4.90 Å². The number of benzene rings is 1. The first-order valence-corrected chi connectivity index (χ1v) is 7.74. The zero-order valence-electron chi connectivity index (χ0n) is 12.6. The second kappa shape index (κ2) is 7.06. The number of nitriles is 1. The Morgan fingerprint density at radius 2 is 1.86 bits per heavy atom. The summed E-state index contributed by atoms with van der Waals surface area (Å²) in [5.41, 5.74) is 3.27. The van der Waals surface area contributed by atoms with Gasteiger partial charge in [-0.25, -0.2) is 4.98 Å². The summed E-state index contributed by atoms with van der Waals surface area (Å²) in [4.78, 5) is 6.77. The van der Waals surface area contributed by atoms with Gasteiger partial charge in [-0.05, 0) is 49.2 Å². The Balaban J connectivity index is 1.65. The second-order valence-corrected chi connectivity index (χ2v) is 5.65. The van der Waals surface area contributed by atoms with Crippen molar-refractivity contribution in [2.24, 2.45) is 0 Å². The van der Waals surface area contributed by atoms with Crippen molar-refractivity contribution in [3.05, 3.63) is 59.3 Å². The topological polar surface area (TPSA) is 52.0 Å². The molecule has 1 saturated heterocycles. The zero-order chi connectivity index (χ0) is 15.2. The molecule has 0 bridgehead atoms. The number of anilines is 1. The lowest BCUT2D eigenvalue weighted by Gasteiger charge is -2.17. The van der Waals surface area contributed by atoms with Gasteiger partial charge in [0.2, 0.25) is 0 Å². The van der Waals surface area contributed by atoms with E-state index >= 15 is 0 Å². The minimum Gasteiger partial charge on any atom is -0.366 e. The summed E-state index contributed by atoms with van der Waals surface area (Å²) >= 11 is 0. The monoisotopic (exact) mass is 292 g/mol. The fraction of sp³-hybridized carbons (Fsp3) is 0.333. The van der Waals surface area contributed by atoms with Crippen molar-refractivity contribution in [2.45, 2.75) is 25.9 Å². The van der Waals surface area contributed by atoms with Crippen LogP contribution in [-0.2, 0) is 13.1 Å². The molecule has 1 N–H and O–H groups in total. The molecule has 4 nitrogen and oxygen atoms in total. The summed E-state index contributed by atoms with van der Waals surface area (Å²) in [5.74, 6) is 0.801. The number of nitrogens with one attached hydrogen (secondary N) is 1. The van der Waals surface area contributed by atoms with E-state index in [0.717, 1.165) is 18.9 Å². The number of aromatic nitrogens is 1. The molecule has 0 atom stereocenters. The first-order chi connectivity index (χ1) is 10.8. The van der Waals surface area contributed by atoms with Gasteiger partial charge in [0.05, 0.1) is 5.56 Å². The molecule has 0 radical (unpaired) electrons. The molecular weight excluding hydrogens is 272 g/mol. The molecular formula is C18H20N4. The number of likely N-dealkylation sites (tertiary alicyclic amines) is 1. The maximum absolute atomic E-state index is 8.79. The molecule has 1 aliphatic rings. The molecule has 2 aromatic rings. The van der Waals surface area contributed by atoms with E-state index in [2.05, 4.69) is 45.5 Å². The third-order valence-corrected chi connectivity index (χ3v) is 4.06. The van der Waals surface area contributed by atoms with Gasteiger partial charge in [0.1, 0.15) is 11.9 Å². The molecule has 0 spiro atoms. The highest BCUT2D eigenvalue weighted by Crippen LogP contribution is 2.17. The van der Waals surface area contributed by atoms with Crippen LogP contribution < -0.4 is 5.32 Å². The molecule has 1 aromatic carbocycles. The van der Waals surface area contributed by atoms with Crippen molar-refractivity contribution in [1.82, 2.24) is 9.88 Å². The predicted molar refractivity (Wildman–Crippen MR) is 87.2 cm³/mol.